The van der Waals surface area contributed by atoms with E-state index in [-0.39, 0.29) is 18.0 Å². The lowest BCUT2D eigenvalue weighted by Crippen LogP contribution is -2.21. The standard InChI is InChI=1S/C18H16O4/c1-13(19)12-16(20)22-18(15-10-6-3-7-11-15)17(21)14-8-4-2-5-9-14/h2-11,18H,12H2,1H3. The molecule has 2 rings (SSSR count). The zero-order valence-corrected chi connectivity index (χ0v) is 12.2. The molecule has 2 aromatic carbocycles. The van der Waals surface area contributed by atoms with E-state index in [2.05, 4.69) is 0 Å². The van der Waals surface area contributed by atoms with Crippen LogP contribution in [0.25, 0.3) is 0 Å². The number of hydrogen-bond donors (Lipinski definition) is 0. The normalized spacial score (nSPS) is 11.5. The molecule has 1 unspecified atom stereocenters. The highest BCUT2D eigenvalue weighted by Crippen LogP contribution is 2.23. The van der Waals surface area contributed by atoms with Gasteiger partial charge >= 0.3 is 5.97 Å². The molecule has 0 aliphatic carbocycles. The summed E-state index contributed by atoms with van der Waals surface area (Å²) in [6.45, 7) is 1.30. The SMILES string of the molecule is CC(=O)CC(=O)OC(C(=O)c1ccccc1)c1ccccc1. The summed E-state index contributed by atoms with van der Waals surface area (Å²) in [5.74, 6) is -1.32. The van der Waals surface area contributed by atoms with Crippen molar-refractivity contribution in [3.8, 4) is 0 Å². The largest absolute Gasteiger partial charge is 0.449 e. The van der Waals surface area contributed by atoms with Gasteiger partial charge in [-0.15, -0.1) is 0 Å². The van der Waals surface area contributed by atoms with Crippen molar-refractivity contribution in [2.45, 2.75) is 19.4 Å². The van der Waals surface area contributed by atoms with Crippen LogP contribution in [0.4, 0.5) is 0 Å². The molecule has 0 aliphatic rings. The van der Waals surface area contributed by atoms with Gasteiger partial charge in [-0.2, -0.15) is 0 Å². The van der Waals surface area contributed by atoms with E-state index >= 15 is 0 Å². The Labute approximate surface area is 128 Å². The summed E-state index contributed by atoms with van der Waals surface area (Å²) in [7, 11) is 0. The topological polar surface area (TPSA) is 60.4 Å². The van der Waals surface area contributed by atoms with Crippen molar-refractivity contribution in [2.24, 2.45) is 0 Å². The predicted molar refractivity (Wildman–Crippen MR) is 81.3 cm³/mol. The minimum Gasteiger partial charge on any atom is -0.449 e. The van der Waals surface area contributed by atoms with Gasteiger partial charge in [-0.25, -0.2) is 0 Å². The van der Waals surface area contributed by atoms with Gasteiger partial charge in [-0.3, -0.25) is 14.4 Å². The Morgan fingerprint density at radius 1 is 0.909 bits per heavy atom. The number of ketones is 2. The van der Waals surface area contributed by atoms with Gasteiger partial charge in [0.25, 0.3) is 0 Å². The number of carbonyl (C=O) groups is 3. The maximum Gasteiger partial charge on any atom is 0.314 e. The molecular weight excluding hydrogens is 280 g/mol. The van der Waals surface area contributed by atoms with E-state index < -0.39 is 12.1 Å². The van der Waals surface area contributed by atoms with Crippen molar-refractivity contribution in [3.05, 3.63) is 71.8 Å². The summed E-state index contributed by atoms with van der Waals surface area (Å²) in [5, 5.41) is 0. The third-order valence-electron chi connectivity index (χ3n) is 3.04. The number of hydrogen-bond acceptors (Lipinski definition) is 4. The highest BCUT2D eigenvalue weighted by molar-refractivity contribution is 6.02. The van der Waals surface area contributed by atoms with E-state index in [4.69, 9.17) is 4.74 Å². The molecule has 0 spiro atoms. The fourth-order valence-corrected chi connectivity index (χ4v) is 2.03. The molecule has 0 N–H and O–H groups in total. The average Bonchev–Trinajstić information content (AvgIpc) is 2.53. The Morgan fingerprint density at radius 3 is 2.00 bits per heavy atom. The molecule has 0 aliphatic heterocycles. The number of Topliss-reactive ketones (excluding diaryl/α,β-unsaturated/α-hetero) is 2. The third-order valence-corrected chi connectivity index (χ3v) is 3.04. The van der Waals surface area contributed by atoms with Crippen LogP contribution >= 0.6 is 0 Å². The molecule has 0 bridgehead atoms. The lowest BCUT2D eigenvalue weighted by molar-refractivity contribution is -0.149. The number of benzene rings is 2. The lowest BCUT2D eigenvalue weighted by atomic mass is 10.00. The first-order valence-electron chi connectivity index (χ1n) is 6.91. The first-order valence-corrected chi connectivity index (χ1v) is 6.91. The first kappa shape index (κ1) is 15.6. The van der Waals surface area contributed by atoms with E-state index in [1.807, 2.05) is 6.07 Å². The van der Waals surface area contributed by atoms with E-state index in [1.165, 1.54) is 6.92 Å². The molecule has 0 radical (unpaired) electrons. The fraction of sp³-hybridized carbons (Fsp3) is 0.167. The van der Waals surface area contributed by atoms with Crippen molar-refractivity contribution in [3.63, 3.8) is 0 Å². The van der Waals surface area contributed by atoms with E-state index in [0.717, 1.165) is 0 Å². The second-order valence-corrected chi connectivity index (χ2v) is 4.89. The third kappa shape index (κ3) is 4.12. The molecule has 1 atom stereocenters. The van der Waals surface area contributed by atoms with Crippen molar-refractivity contribution >= 4 is 17.5 Å². The quantitative estimate of drug-likeness (QED) is 0.467. The smallest absolute Gasteiger partial charge is 0.314 e. The Hall–Kier alpha value is -2.75. The Morgan fingerprint density at radius 2 is 1.45 bits per heavy atom. The highest BCUT2D eigenvalue weighted by Gasteiger charge is 2.26. The van der Waals surface area contributed by atoms with Crippen molar-refractivity contribution in [1.29, 1.82) is 0 Å². The van der Waals surface area contributed by atoms with Crippen LogP contribution < -0.4 is 0 Å². The summed E-state index contributed by atoms with van der Waals surface area (Å²) >= 11 is 0. The molecule has 4 heteroatoms. The maximum absolute atomic E-state index is 12.6. The summed E-state index contributed by atoms with van der Waals surface area (Å²) in [6.07, 6.45) is -1.39. The van der Waals surface area contributed by atoms with Gasteiger partial charge in [0.15, 0.2) is 6.10 Å². The minimum atomic E-state index is -1.05. The maximum atomic E-state index is 12.6. The first-order chi connectivity index (χ1) is 10.6. The minimum absolute atomic E-state index is 0.302. The van der Waals surface area contributed by atoms with E-state index in [1.54, 1.807) is 54.6 Å². The molecule has 4 nitrogen and oxygen atoms in total. The van der Waals surface area contributed by atoms with Crippen LogP contribution in [0.2, 0.25) is 0 Å². The molecular formula is C18H16O4. The van der Waals surface area contributed by atoms with Gasteiger partial charge in [0.05, 0.1) is 0 Å². The molecule has 0 aromatic heterocycles. The fourth-order valence-electron chi connectivity index (χ4n) is 2.03. The van der Waals surface area contributed by atoms with E-state index in [0.29, 0.717) is 11.1 Å². The van der Waals surface area contributed by atoms with Gasteiger partial charge in [-0.1, -0.05) is 60.7 Å². The summed E-state index contributed by atoms with van der Waals surface area (Å²) in [6, 6.07) is 17.4. The van der Waals surface area contributed by atoms with Crippen molar-refractivity contribution in [2.75, 3.05) is 0 Å². The number of rotatable bonds is 6. The molecule has 0 saturated carbocycles. The number of ether oxygens (including phenoxy) is 1. The molecule has 0 fully saturated rings. The second kappa shape index (κ2) is 7.31. The van der Waals surface area contributed by atoms with Crippen molar-refractivity contribution in [1.82, 2.24) is 0 Å². The average molecular weight is 296 g/mol. The molecule has 2 aromatic rings. The van der Waals surface area contributed by atoms with Crippen LogP contribution in [0.5, 0.6) is 0 Å². The van der Waals surface area contributed by atoms with Crippen LogP contribution in [-0.2, 0) is 14.3 Å². The van der Waals surface area contributed by atoms with Crippen LogP contribution in [0, 0.1) is 0 Å². The Kier molecular flexibility index (Phi) is 5.20. The molecule has 0 saturated heterocycles. The van der Waals surface area contributed by atoms with Crippen molar-refractivity contribution < 1.29 is 19.1 Å². The summed E-state index contributed by atoms with van der Waals surface area (Å²) in [5.41, 5.74) is 1.03. The molecule has 0 heterocycles. The lowest BCUT2D eigenvalue weighted by Gasteiger charge is -2.17. The van der Waals surface area contributed by atoms with Crippen LogP contribution in [0.1, 0.15) is 35.4 Å². The van der Waals surface area contributed by atoms with Gasteiger partial charge in [0, 0.05) is 11.1 Å². The summed E-state index contributed by atoms with van der Waals surface area (Å²) < 4.78 is 5.25. The van der Waals surface area contributed by atoms with Gasteiger partial charge in [-0.05, 0) is 6.92 Å². The monoisotopic (exact) mass is 296 g/mol. The zero-order chi connectivity index (χ0) is 15.9. The van der Waals surface area contributed by atoms with Gasteiger partial charge < -0.3 is 4.74 Å². The zero-order valence-electron chi connectivity index (χ0n) is 12.2. The number of carbonyl (C=O) groups excluding carboxylic acids is 3. The highest BCUT2D eigenvalue weighted by atomic mass is 16.5. The molecule has 22 heavy (non-hydrogen) atoms. The van der Waals surface area contributed by atoms with Gasteiger partial charge in [0.1, 0.15) is 12.2 Å². The predicted octanol–water partition coefficient (Wildman–Crippen LogP) is 3.13. The number of esters is 1. The van der Waals surface area contributed by atoms with Crippen LogP contribution in [-0.4, -0.2) is 17.5 Å². The van der Waals surface area contributed by atoms with Crippen LogP contribution in [0.3, 0.4) is 0 Å². The molecule has 0 amide bonds. The van der Waals surface area contributed by atoms with Gasteiger partial charge in [0.2, 0.25) is 5.78 Å². The Bertz CT molecular complexity index is 662. The summed E-state index contributed by atoms with van der Waals surface area (Å²) in [4.78, 5) is 35.4. The van der Waals surface area contributed by atoms with Crippen LogP contribution in [0.15, 0.2) is 60.7 Å². The molecule has 112 valence electrons. The van der Waals surface area contributed by atoms with E-state index in [9.17, 15) is 14.4 Å². The second-order valence-electron chi connectivity index (χ2n) is 4.89. The Balaban J connectivity index is 2.28.